The second-order valence-electron chi connectivity index (χ2n) is 10.5. The first kappa shape index (κ1) is 24.7. The largest absolute Gasteiger partial charge is 0.350 e. The number of likely N-dealkylation sites (tertiary alicyclic amines) is 1. The number of aromatic nitrogens is 6. The van der Waals surface area contributed by atoms with Crippen molar-refractivity contribution >= 4 is 34.2 Å². The maximum atomic E-state index is 12.2. The molecule has 38 heavy (non-hydrogen) atoms. The number of H-pyrrole nitrogens is 1. The van der Waals surface area contributed by atoms with Gasteiger partial charge in [0.25, 0.3) is 0 Å². The van der Waals surface area contributed by atoms with Crippen LogP contribution in [0.15, 0.2) is 31.1 Å². The van der Waals surface area contributed by atoms with Crippen molar-refractivity contribution in [2.24, 2.45) is 7.05 Å². The molecule has 0 saturated carbocycles. The van der Waals surface area contributed by atoms with Crippen molar-refractivity contribution in [3.05, 3.63) is 58.7 Å². The Hall–Kier alpha value is -3.59. The summed E-state index contributed by atoms with van der Waals surface area (Å²) in [5.41, 5.74) is 7.60. The summed E-state index contributed by atoms with van der Waals surface area (Å²) in [6.07, 6.45) is 8.94. The number of fused-ring (bicyclic) bond motifs is 2. The topological polar surface area (TPSA) is 87.9 Å². The number of anilines is 1. The van der Waals surface area contributed by atoms with E-state index < -0.39 is 0 Å². The van der Waals surface area contributed by atoms with Gasteiger partial charge in [-0.1, -0.05) is 18.2 Å². The number of rotatable bonds is 4. The lowest BCUT2D eigenvalue weighted by Crippen LogP contribution is -2.38. The summed E-state index contributed by atoms with van der Waals surface area (Å²) in [6.45, 7) is 10.9. The number of hydrogen-bond donors (Lipinski definition) is 1. The van der Waals surface area contributed by atoms with Gasteiger partial charge in [-0.05, 0) is 57.2 Å². The van der Waals surface area contributed by atoms with Gasteiger partial charge in [-0.25, -0.2) is 0 Å². The quantitative estimate of drug-likeness (QED) is 0.384. The fraction of sp³-hybridized carbons (Fsp3) is 0.429. The normalized spacial score (nSPS) is 16.6. The summed E-state index contributed by atoms with van der Waals surface area (Å²) in [5, 5.41) is 19.0. The molecular formula is C28H33ClN8O. The fourth-order valence-electron chi connectivity index (χ4n) is 6.14. The highest BCUT2D eigenvalue weighted by atomic mass is 35.5. The summed E-state index contributed by atoms with van der Waals surface area (Å²) in [5.74, 6) is 0.937. The van der Waals surface area contributed by atoms with E-state index >= 15 is 0 Å². The maximum Gasteiger partial charge on any atom is 0.245 e. The van der Waals surface area contributed by atoms with Crippen molar-refractivity contribution in [1.29, 1.82) is 0 Å². The number of carbonyl (C=O) groups excluding carboxylic acids is 1. The molecule has 0 radical (unpaired) electrons. The predicted octanol–water partition coefficient (Wildman–Crippen LogP) is 4.73. The minimum Gasteiger partial charge on any atom is -0.350 e. The predicted molar refractivity (Wildman–Crippen MR) is 149 cm³/mol. The molecule has 2 aliphatic heterocycles. The highest BCUT2D eigenvalue weighted by molar-refractivity contribution is 6.36. The van der Waals surface area contributed by atoms with Crippen molar-refractivity contribution < 1.29 is 4.79 Å². The molecular weight excluding hydrogens is 500 g/mol. The molecule has 1 N–H and O–H groups in total. The molecule has 3 aromatic heterocycles. The number of amides is 1. The van der Waals surface area contributed by atoms with Crippen molar-refractivity contribution in [2.45, 2.75) is 52.1 Å². The van der Waals surface area contributed by atoms with E-state index in [1.165, 1.54) is 17.3 Å². The number of benzene rings is 1. The lowest BCUT2D eigenvalue weighted by molar-refractivity contribution is -0.127. The summed E-state index contributed by atoms with van der Waals surface area (Å²) < 4.78 is 4.17. The molecule has 1 amide bonds. The number of halogens is 1. The zero-order chi connectivity index (χ0) is 26.6. The van der Waals surface area contributed by atoms with Crippen molar-refractivity contribution in [2.75, 3.05) is 24.5 Å². The van der Waals surface area contributed by atoms with Crippen LogP contribution in [0.25, 0.3) is 22.0 Å². The highest BCUT2D eigenvalue weighted by Gasteiger charge is 2.31. The maximum absolute atomic E-state index is 12.2. The number of piperidine rings is 1. The van der Waals surface area contributed by atoms with Gasteiger partial charge in [0.05, 0.1) is 29.0 Å². The van der Waals surface area contributed by atoms with Crippen LogP contribution in [-0.2, 0) is 24.8 Å². The van der Waals surface area contributed by atoms with E-state index in [1.54, 1.807) is 0 Å². The van der Waals surface area contributed by atoms with E-state index in [-0.39, 0.29) is 11.9 Å². The van der Waals surface area contributed by atoms with Crippen LogP contribution in [0.2, 0.25) is 5.02 Å². The van der Waals surface area contributed by atoms with Gasteiger partial charge in [0, 0.05) is 66.7 Å². The van der Waals surface area contributed by atoms with Crippen LogP contribution in [0.3, 0.4) is 0 Å². The second-order valence-corrected chi connectivity index (χ2v) is 10.8. The Balaban J connectivity index is 1.49. The molecule has 198 valence electrons. The first-order valence-electron chi connectivity index (χ1n) is 13.2. The van der Waals surface area contributed by atoms with Crippen LogP contribution < -0.4 is 4.90 Å². The average molecular weight is 533 g/mol. The van der Waals surface area contributed by atoms with Crippen molar-refractivity contribution in [1.82, 2.24) is 34.7 Å². The monoisotopic (exact) mass is 532 g/mol. The molecule has 0 spiro atoms. The van der Waals surface area contributed by atoms with E-state index in [0.29, 0.717) is 13.1 Å². The van der Waals surface area contributed by atoms with Gasteiger partial charge < -0.3 is 9.80 Å². The Labute approximate surface area is 227 Å². The van der Waals surface area contributed by atoms with Gasteiger partial charge in [-0.2, -0.15) is 15.3 Å². The molecule has 1 aromatic carbocycles. The van der Waals surface area contributed by atoms with Crippen LogP contribution in [0.5, 0.6) is 0 Å². The summed E-state index contributed by atoms with van der Waals surface area (Å²) in [7, 11) is 2.02. The van der Waals surface area contributed by atoms with Crippen LogP contribution in [0, 0.1) is 13.8 Å². The number of nitrogens with zero attached hydrogens (tertiary/aromatic N) is 7. The molecule has 1 saturated heterocycles. The fourth-order valence-corrected chi connectivity index (χ4v) is 6.39. The lowest BCUT2D eigenvalue weighted by atomic mass is 9.98. The molecule has 0 bridgehead atoms. The van der Waals surface area contributed by atoms with E-state index in [4.69, 9.17) is 16.7 Å². The Bertz CT molecular complexity index is 1540. The van der Waals surface area contributed by atoms with Crippen LogP contribution in [0.4, 0.5) is 5.82 Å². The SMILES string of the molecule is C=CC(=O)N1CCC(n2nc(N3CCCc4c(cnn4C)C3)c(-c3c(Cl)c(C)cc4[nH]ncc34)c2C)CC1. The highest BCUT2D eigenvalue weighted by Crippen LogP contribution is 2.45. The molecule has 10 heteroatoms. The minimum atomic E-state index is -0.00671. The number of nitrogens with one attached hydrogen (secondary N) is 1. The number of hydrogen-bond acceptors (Lipinski definition) is 5. The third-order valence-electron chi connectivity index (χ3n) is 8.19. The lowest BCUT2D eigenvalue weighted by Gasteiger charge is -2.32. The van der Waals surface area contributed by atoms with Gasteiger partial charge in [-0.3, -0.25) is 19.3 Å². The number of carbonyl (C=O) groups is 1. The number of aromatic amines is 1. The average Bonchev–Trinajstić information content (AvgIpc) is 3.57. The van der Waals surface area contributed by atoms with E-state index in [0.717, 1.165) is 82.9 Å². The third kappa shape index (κ3) is 4.00. The third-order valence-corrected chi connectivity index (χ3v) is 8.68. The standard InChI is InChI=1S/C28H33ClN8O/c1-5-24(38)35-11-8-20(9-12-35)37-18(3)25(26-21-15-30-32-22(21)13-17(2)27(26)29)28(33-37)36-10-6-7-23-19(16-36)14-31-34(23)4/h5,13-15,20H,1,6-12,16H2,2-4H3,(H,30,32). The Morgan fingerprint density at radius 2 is 1.97 bits per heavy atom. The molecule has 1 fully saturated rings. The molecule has 2 aliphatic rings. The summed E-state index contributed by atoms with van der Waals surface area (Å²) in [4.78, 5) is 16.4. The second kappa shape index (κ2) is 9.62. The Kier molecular flexibility index (Phi) is 6.26. The smallest absolute Gasteiger partial charge is 0.245 e. The van der Waals surface area contributed by atoms with Crippen molar-refractivity contribution in [3.8, 4) is 11.1 Å². The molecule has 0 unspecified atom stereocenters. The molecule has 6 rings (SSSR count). The van der Waals surface area contributed by atoms with Gasteiger partial charge in [0.1, 0.15) is 0 Å². The first-order valence-corrected chi connectivity index (χ1v) is 13.6. The summed E-state index contributed by atoms with van der Waals surface area (Å²) in [6, 6.07) is 2.24. The zero-order valence-corrected chi connectivity index (χ0v) is 22.9. The van der Waals surface area contributed by atoms with Gasteiger partial charge in [0.15, 0.2) is 5.82 Å². The van der Waals surface area contributed by atoms with Gasteiger partial charge in [0.2, 0.25) is 5.91 Å². The van der Waals surface area contributed by atoms with Crippen LogP contribution >= 0.6 is 11.6 Å². The Morgan fingerprint density at radius 1 is 1.18 bits per heavy atom. The van der Waals surface area contributed by atoms with Gasteiger partial charge in [-0.15, -0.1) is 0 Å². The number of aryl methyl sites for hydroxylation is 2. The molecule has 0 aliphatic carbocycles. The minimum absolute atomic E-state index is 0.00671. The van der Waals surface area contributed by atoms with Crippen LogP contribution in [-0.4, -0.2) is 60.2 Å². The van der Waals surface area contributed by atoms with E-state index in [9.17, 15) is 4.79 Å². The molecule has 5 heterocycles. The first-order chi connectivity index (χ1) is 18.4. The zero-order valence-electron chi connectivity index (χ0n) is 22.2. The molecule has 9 nitrogen and oxygen atoms in total. The van der Waals surface area contributed by atoms with Gasteiger partial charge >= 0.3 is 0 Å². The molecule has 0 atom stereocenters. The Morgan fingerprint density at radius 3 is 2.74 bits per heavy atom. The van der Waals surface area contributed by atoms with E-state index in [1.807, 2.05) is 42.0 Å². The van der Waals surface area contributed by atoms with E-state index in [2.05, 4.69) is 38.4 Å². The summed E-state index contributed by atoms with van der Waals surface area (Å²) >= 11 is 7.06. The van der Waals surface area contributed by atoms with Crippen LogP contribution in [0.1, 0.15) is 47.8 Å². The van der Waals surface area contributed by atoms with Crippen molar-refractivity contribution in [3.63, 3.8) is 0 Å². The molecule has 4 aromatic rings.